The molecule has 26 heavy (non-hydrogen) atoms. The third kappa shape index (κ3) is 13.0. The van der Waals surface area contributed by atoms with Crippen molar-refractivity contribution in [1.29, 1.82) is 0 Å². The number of hydrogen-bond donors (Lipinski definition) is 4. The lowest BCUT2D eigenvalue weighted by Gasteiger charge is -2.35. The van der Waals surface area contributed by atoms with Crippen molar-refractivity contribution in [2.24, 2.45) is 0 Å². The molecule has 0 radical (unpaired) electrons. The van der Waals surface area contributed by atoms with Gasteiger partial charge in [-0.05, 0) is 20.3 Å². The van der Waals surface area contributed by atoms with Crippen molar-refractivity contribution in [3.63, 3.8) is 0 Å². The molecule has 4 N–H and O–H groups in total. The first kappa shape index (κ1) is 25.8. The molecular formula is C18H36O7S. The van der Waals surface area contributed by atoms with Crippen molar-refractivity contribution >= 4 is 18.0 Å². The van der Waals surface area contributed by atoms with Gasteiger partial charge in [0.25, 0.3) is 0 Å². The second kappa shape index (κ2) is 14.8. The molecule has 0 bridgehead atoms. The fourth-order valence-corrected chi connectivity index (χ4v) is 3.56. The Labute approximate surface area is 161 Å². The molecule has 1 fully saturated rings. The minimum absolute atomic E-state index is 0.00466. The topological polar surface area (TPSA) is 116 Å². The van der Waals surface area contributed by atoms with E-state index in [1.807, 2.05) is 6.92 Å². The third-order valence-corrected chi connectivity index (χ3v) is 5.34. The molecule has 0 spiro atoms. The quantitative estimate of drug-likeness (QED) is 0.303. The number of carbonyl (C=O) groups is 1. The van der Waals surface area contributed by atoms with E-state index in [-0.39, 0.29) is 31.4 Å². The van der Waals surface area contributed by atoms with E-state index in [9.17, 15) is 15.0 Å². The molecule has 1 aliphatic rings. The van der Waals surface area contributed by atoms with Gasteiger partial charge in [-0.2, -0.15) is 0 Å². The molecule has 0 aliphatic carbocycles. The molecule has 0 amide bonds. The fraction of sp³-hybridized carbons (Fsp3) is 0.944. The fourth-order valence-electron chi connectivity index (χ4n) is 2.32. The highest BCUT2D eigenvalue weighted by atomic mass is 32.2. The predicted octanol–water partition coefficient (Wildman–Crippen LogP) is 1.10. The predicted molar refractivity (Wildman–Crippen MR) is 102 cm³/mol. The third-order valence-electron chi connectivity index (χ3n) is 3.78. The van der Waals surface area contributed by atoms with Gasteiger partial charge in [0, 0.05) is 12.2 Å². The molecule has 5 unspecified atom stereocenters. The molecule has 7 nitrogen and oxygen atoms in total. The first-order valence-corrected chi connectivity index (χ1v) is 10.3. The lowest BCUT2D eigenvalue weighted by Crippen LogP contribution is -2.42. The summed E-state index contributed by atoms with van der Waals surface area (Å²) in [5.74, 6) is 0.554. The lowest BCUT2D eigenvalue weighted by atomic mass is 10.0. The van der Waals surface area contributed by atoms with Crippen molar-refractivity contribution in [2.45, 2.75) is 82.2 Å². The van der Waals surface area contributed by atoms with Gasteiger partial charge in [0.1, 0.15) is 18.3 Å². The summed E-state index contributed by atoms with van der Waals surface area (Å²) in [6.45, 7) is 5.65. The van der Waals surface area contributed by atoms with Gasteiger partial charge in [0.05, 0.1) is 37.1 Å². The zero-order chi connectivity index (χ0) is 20.0. The SMILES string of the molecule is CC(O)CO.CCCCCC(C)(O)CSC1OCC(O)CC1OCC=O. The van der Waals surface area contributed by atoms with E-state index >= 15 is 0 Å². The van der Waals surface area contributed by atoms with Crippen LogP contribution in [0.5, 0.6) is 0 Å². The summed E-state index contributed by atoms with van der Waals surface area (Å²) < 4.78 is 11.0. The van der Waals surface area contributed by atoms with E-state index in [0.717, 1.165) is 25.7 Å². The smallest absolute Gasteiger partial charge is 0.145 e. The maximum atomic E-state index is 10.4. The first-order valence-electron chi connectivity index (χ1n) is 9.23. The highest BCUT2D eigenvalue weighted by molar-refractivity contribution is 7.99. The van der Waals surface area contributed by atoms with Crippen LogP contribution in [0, 0.1) is 0 Å². The molecule has 0 saturated carbocycles. The minimum atomic E-state index is -0.728. The van der Waals surface area contributed by atoms with E-state index in [1.165, 1.54) is 18.7 Å². The molecule has 1 heterocycles. The number of aldehydes is 1. The Balaban J connectivity index is 0.00000110. The second-order valence-electron chi connectivity index (χ2n) is 6.93. The van der Waals surface area contributed by atoms with Crippen molar-refractivity contribution in [1.82, 2.24) is 0 Å². The second-order valence-corrected chi connectivity index (χ2v) is 8.01. The molecule has 1 aliphatic heterocycles. The van der Waals surface area contributed by atoms with Crippen molar-refractivity contribution in [3.05, 3.63) is 0 Å². The highest BCUT2D eigenvalue weighted by Crippen LogP contribution is 2.30. The standard InChI is InChI=1S/C15H28O5S.C3H8O2/c1-3-4-5-6-15(2,18)11-21-14-13(19-8-7-16)9-12(17)10-20-14;1-3(5)2-4/h7,12-14,17-18H,3-6,8-11H2,1-2H3;3-5H,2H2,1H3. The summed E-state index contributed by atoms with van der Waals surface area (Å²) in [6, 6.07) is 0. The van der Waals surface area contributed by atoms with E-state index in [2.05, 4.69) is 6.92 Å². The van der Waals surface area contributed by atoms with Gasteiger partial charge in [-0.1, -0.05) is 26.2 Å². The molecule has 0 aromatic heterocycles. The van der Waals surface area contributed by atoms with Crippen LogP contribution < -0.4 is 0 Å². The molecule has 0 aromatic rings. The van der Waals surface area contributed by atoms with Crippen LogP contribution in [0.25, 0.3) is 0 Å². The summed E-state index contributed by atoms with van der Waals surface area (Å²) in [7, 11) is 0. The van der Waals surface area contributed by atoms with Crippen LogP contribution >= 0.6 is 11.8 Å². The van der Waals surface area contributed by atoms with Crippen LogP contribution in [0.4, 0.5) is 0 Å². The number of hydrogen-bond acceptors (Lipinski definition) is 8. The van der Waals surface area contributed by atoms with E-state index < -0.39 is 17.8 Å². The lowest BCUT2D eigenvalue weighted by molar-refractivity contribution is -0.129. The number of aliphatic hydroxyl groups is 4. The summed E-state index contributed by atoms with van der Waals surface area (Å²) >= 11 is 1.50. The maximum absolute atomic E-state index is 10.4. The van der Waals surface area contributed by atoms with Gasteiger partial charge in [-0.25, -0.2) is 0 Å². The van der Waals surface area contributed by atoms with Crippen molar-refractivity contribution < 1.29 is 34.7 Å². The summed E-state index contributed by atoms with van der Waals surface area (Å²) in [4.78, 5) is 10.4. The number of ether oxygens (including phenoxy) is 2. The largest absolute Gasteiger partial charge is 0.394 e. The molecule has 1 rings (SSSR count). The van der Waals surface area contributed by atoms with Crippen LogP contribution in [0.3, 0.4) is 0 Å². The van der Waals surface area contributed by atoms with Crippen LogP contribution in [-0.4, -0.2) is 81.6 Å². The average molecular weight is 397 g/mol. The van der Waals surface area contributed by atoms with Crippen LogP contribution in [-0.2, 0) is 14.3 Å². The van der Waals surface area contributed by atoms with Crippen molar-refractivity contribution in [2.75, 3.05) is 25.6 Å². The molecule has 5 atom stereocenters. The van der Waals surface area contributed by atoms with Gasteiger partial charge in [0.2, 0.25) is 0 Å². The summed E-state index contributed by atoms with van der Waals surface area (Å²) in [5.41, 5.74) is -0.972. The molecule has 1 saturated heterocycles. The highest BCUT2D eigenvalue weighted by Gasteiger charge is 2.33. The Morgan fingerprint density at radius 3 is 2.62 bits per heavy atom. The Kier molecular flexibility index (Phi) is 14.7. The van der Waals surface area contributed by atoms with Crippen LogP contribution in [0.2, 0.25) is 0 Å². The van der Waals surface area contributed by atoms with E-state index in [0.29, 0.717) is 18.5 Å². The van der Waals surface area contributed by atoms with Crippen LogP contribution in [0.1, 0.15) is 52.9 Å². The molecule has 0 aromatic carbocycles. The Morgan fingerprint density at radius 2 is 2.08 bits per heavy atom. The summed E-state index contributed by atoms with van der Waals surface area (Å²) in [6.07, 6.45) is 3.77. The van der Waals surface area contributed by atoms with Crippen molar-refractivity contribution in [3.8, 4) is 0 Å². The maximum Gasteiger partial charge on any atom is 0.145 e. The Morgan fingerprint density at radius 1 is 1.42 bits per heavy atom. The van der Waals surface area contributed by atoms with Gasteiger partial charge in [0.15, 0.2) is 0 Å². The number of aliphatic hydroxyl groups excluding tert-OH is 3. The van der Waals surface area contributed by atoms with Gasteiger partial charge < -0.3 is 34.7 Å². The van der Waals surface area contributed by atoms with Gasteiger partial charge in [-0.3, -0.25) is 0 Å². The first-order chi connectivity index (χ1) is 12.3. The monoisotopic (exact) mass is 396 g/mol. The van der Waals surface area contributed by atoms with E-state index in [1.54, 1.807) is 0 Å². The molecule has 156 valence electrons. The zero-order valence-electron chi connectivity index (χ0n) is 16.2. The van der Waals surface area contributed by atoms with E-state index in [4.69, 9.17) is 19.7 Å². The minimum Gasteiger partial charge on any atom is -0.394 e. The molecule has 8 heteroatoms. The normalized spacial score (nSPS) is 26.3. The van der Waals surface area contributed by atoms with Gasteiger partial charge >= 0.3 is 0 Å². The Hall–Kier alpha value is -0.220. The molecular weight excluding hydrogens is 360 g/mol. The average Bonchev–Trinajstić information content (AvgIpc) is 2.59. The summed E-state index contributed by atoms with van der Waals surface area (Å²) in [5, 5.41) is 36.0. The number of unbranched alkanes of at least 4 members (excludes halogenated alkanes) is 2. The Bertz CT molecular complexity index is 352. The number of thioether (sulfide) groups is 1. The van der Waals surface area contributed by atoms with Gasteiger partial charge in [-0.15, -0.1) is 11.8 Å². The number of carbonyl (C=O) groups excluding carboxylic acids is 1. The zero-order valence-corrected chi connectivity index (χ0v) is 17.0. The number of rotatable bonds is 11. The van der Waals surface area contributed by atoms with Crippen LogP contribution in [0.15, 0.2) is 0 Å².